The molecule has 104 valence electrons. The van der Waals surface area contributed by atoms with E-state index in [2.05, 4.69) is 5.32 Å². The molecule has 2 aliphatic rings. The highest BCUT2D eigenvalue weighted by Gasteiger charge is 2.44. The van der Waals surface area contributed by atoms with Crippen molar-refractivity contribution in [1.29, 1.82) is 0 Å². The molecule has 2 unspecified atom stereocenters. The Hall–Kier alpha value is -0.660. The van der Waals surface area contributed by atoms with Gasteiger partial charge in [-0.25, -0.2) is 8.42 Å². The van der Waals surface area contributed by atoms with Crippen LogP contribution in [0, 0.1) is 5.92 Å². The maximum Gasteiger partial charge on any atom is 0.224 e. The van der Waals surface area contributed by atoms with E-state index < -0.39 is 10.0 Å². The molecule has 3 N–H and O–H groups in total. The van der Waals surface area contributed by atoms with Crippen molar-refractivity contribution in [2.45, 2.75) is 31.7 Å². The number of carbonyl (C=O) groups excluding carboxylic acids is 1. The second-order valence-corrected chi connectivity index (χ2v) is 7.02. The van der Waals surface area contributed by atoms with Crippen molar-refractivity contribution in [2.75, 3.05) is 25.4 Å². The van der Waals surface area contributed by atoms with E-state index in [4.69, 9.17) is 5.73 Å². The van der Waals surface area contributed by atoms with Crippen LogP contribution < -0.4 is 11.1 Å². The molecule has 2 saturated heterocycles. The topological polar surface area (TPSA) is 92.5 Å². The van der Waals surface area contributed by atoms with E-state index in [0.29, 0.717) is 26.1 Å². The van der Waals surface area contributed by atoms with Crippen LogP contribution in [0.2, 0.25) is 0 Å². The quantitative estimate of drug-likeness (QED) is 0.647. The summed E-state index contributed by atoms with van der Waals surface area (Å²) in [6, 6.07) is -0.172. The first-order valence-corrected chi connectivity index (χ1v) is 8.14. The lowest BCUT2D eigenvalue weighted by Gasteiger charge is -2.34. The van der Waals surface area contributed by atoms with E-state index in [9.17, 15) is 13.2 Å². The highest BCUT2D eigenvalue weighted by Crippen LogP contribution is 2.29. The van der Waals surface area contributed by atoms with Gasteiger partial charge in [-0.1, -0.05) is 0 Å². The zero-order valence-electron chi connectivity index (χ0n) is 10.5. The van der Waals surface area contributed by atoms with Crippen molar-refractivity contribution in [1.82, 2.24) is 9.62 Å². The number of nitrogens with two attached hydrogens (primary N) is 1. The molecule has 2 atom stereocenters. The van der Waals surface area contributed by atoms with Gasteiger partial charge in [-0.05, 0) is 32.2 Å². The van der Waals surface area contributed by atoms with E-state index in [0.717, 1.165) is 19.3 Å². The lowest BCUT2D eigenvalue weighted by atomic mass is 9.93. The Morgan fingerprint density at radius 3 is 2.89 bits per heavy atom. The standard InChI is InChI=1S/C11H21N3O3S/c12-5-1-2-7-18(16,17)14-6-3-4-9-10(14)8-13-11(9)15/h9-10H,1-8,12H2,(H,13,15). The number of rotatable bonds is 5. The Morgan fingerprint density at radius 2 is 2.17 bits per heavy atom. The third-order valence-corrected chi connectivity index (χ3v) is 5.74. The smallest absolute Gasteiger partial charge is 0.224 e. The average Bonchev–Trinajstić information content (AvgIpc) is 2.71. The Labute approximate surface area is 108 Å². The summed E-state index contributed by atoms with van der Waals surface area (Å²) in [4.78, 5) is 11.6. The summed E-state index contributed by atoms with van der Waals surface area (Å²) in [6.45, 7) is 1.52. The van der Waals surface area contributed by atoms with Gasteiger partial charge in [0.15, 0.2) is 0 Å². The summed E-state index contributed by atoms with van der Waals surface area (Å²) in [6.07, 6.45) is 2.88. The largest absolute Gasteiger partial charge is 0.354 e. The van der Waals surface area contributed by atoms with Gasteiger partial charge < -0.3 is 11.1 Å². The van der Waals surface area contributed by atoms with Gasteiger partial charge in [-0.3, -0.25) is 4.79 Å². The lowest BCUT2D eigenvalue weighted by Crippen LogP contribution is -2.49. The average molecular weight is 275 g/mol. The van der Waals surface area contributed by atoms with Crippen LogP contribution >= 0.6 is 0 Å². The number of nitrogens with zero attached hydrogens (tertiary/aromatic N) is 1. The fraction of sp³-hybridized carbons (Fsp3) is 0.909. The van der Waals surface area contributed by atoms with Gasteiger partial charge in [0.25, 0.3) is 0 Å². The molecule has 1 amide bonds. The Bertz CT molecular complexity index is 410. The number of carbonyl (C=O) groups is 1. The van der Waals surface area contributed by atoms with Crippen LogP contribution in [0.25, 0.3) is 0 Å². The maximum atomic E-state index is 12.3. The monoisotopic (exact) mass is 275 g/mol. The summed E-state index contributed by atoms with van der Waals surface area (Å²) in [7, 11) is -3.25. The molecule has 0 bridgehead atoms. The van der Waals surface area contributed by atoms with Gasteiger partial charge in [-0.15, -0.1) is 0 Å². The van der Waals surface area contributed by atoms with Crippen molar-refractivity contribution in [2.24, 2.45) is 11.7 Å². The number of piperidine rings is 1. The molecule has 0 aliphatic carbocycles. The van der Waals surface area contributed by atoms with Gasteiger partial charge in [0.05, 0.1) is 17.7 Å². The summed E-state index contributed by atoms with van der Waals surface area (Å²) in [5, 5.41) is 2.77. The van der Waals surface area contributed by atoms with Gasteiger partial charge in [-0.2, -0.15) is 4.31 Å². The van der Waals surface area contributed by atoms with Crippen LogP contribution in [0.5, 0.6) is 0 Å². The molecule has 2 fully saturated rings. The van der Waals surface area contributed by atoms with Crippen molar-refractivity contribution in [3.63, 3.8) is 0 Å². The van der Waals surface area contributed by atoms with Crippen LogP contribution in [-0.2, 0) is 14.8 Å². The zero-order valence-corrected chi connectivity index (χ0v) is 11.3. The highest BCUT2D eigenvalue weighted by molar-refractivity contribution is 7.89. The second kappa shape index (κ2) is 5.54. The molecule has 0 aromatic heterocycles. The normalized spacial score (nSPS) is 29.1. The van der Waals surface area contributed by atoms with Crippen LogP contribution in [-0.4, -0.2) is 50.1 Å². The zero-order chi connectivity index (χ0) is 13.2. The van der Waals surface area contributed by atoms with Gasteiger partial charge in [0.2, 0.25) is 15.9 Å². The second-order valence-electron chi connectivity index (χ2n) is 4.98. The third-order valence-electron chi connectivity index (χ3n) is 3.76. The number of nitrogens with one attached hydrogen (secondary N) is 1. The Balaban J connectivity index is 2.05. The summed E-state index contributed by atoms with van der Waals surface area (Å²) >= 11 is 0. The lowest BCUT2D eigenvalue weighted by molar-refractivity contribution is -0.123. The third kappa shape index (κ3) is 2.67. The van der Waals surface area contributed by atoms with E-state index in [1.165, 1.54) is 4.31 Å². The van der Waals surface area contributed by atoms with Crippen LogP contribution in [0.15, 0.2) is 0 Å². The minimum Gasteiger partial charge on any atom is -0.354 e. The van der Waals surface area contributed by atoms with Crippen molar-refractivity contribution in [3.05, 3.63) is 0 Å². The first-order valence-electron chi connectivity index (χ1n) is 6.53. The van der Waals surface area contributed by atoms with E-state index in [-0.39, 0.29) is 23.6 Å². The molecule has 6 nitrogen and oxygen atoms in total. The van der Waals surface area contributed by atoms with E-state index in [1.54, 1.807) is 0 Å². The van der Waals surface area contributed by atoms with Crippen LogP contribution in [0.3, 0.4) is 0 Å². The molecule has 2 aliphatic heterocycles. The summed E-state index contributed by atoms with van der Waals surface area (Å²) < 4.78 is 26.0. The number of amides is 1. The molecule has 0 aromatic carbocycles. The molecule has 0 saturated carbocycles. The molecular formula is C11H21N3O3S. The van der Waals surface area contributed by atoms with Crippen molar-refractivity contribution < 1.29 is 13.2 Å². The number of sulfonamides is 1. The minimum absolute atomic E-state index is 0.00172. The molecule has 7 heteroatoms. The first kappa shape index (κ1) is 13.8. The minimum atomic E-state index is -3.25. The molecule has 2 heterocycles. The highest BCUT2D eigenvalue weighted by atomic mass is 32.2. The molecule has 0 aromatic rings. The van der Waals surface area contributed by atoms with Crippen LogP contribution in [0.1, 0.15) is 25.7 Å². The fourth-order valence-electron chi connectivity index (χ4n) is 2.80. The number of fused-ring (bicyclic) bond motifs is 1. The molecule has 0 radical (unpaired) electrons. The Kier molecular flexibility index (Phi) is 4.24. The van der Waals surface area contributed by atoms with Gasteiger partial charge in [0, 0.05) is 13.1 Å². The van der Waals surface area contributed by atoms with Crippen molar-refractivity contribution >= 4 is 15.9 Å². The molecular weight excluding hydrogens is 254 g/mol. The van der Waals surface area contributed by atoms with E-state index >= 15 is 0 Å². The Morgan fingerprint density at radius 1 is 1.39 bits per heavy atom. The fourth-order valence-corrected chi connectivity index (χ4v) is 4.65. The van der Waals surface area contributed by atoms with Crippen molar-refractivity contribution in [3.8, 4) is 0 Å². The maximum absolute atomic E-state index is 12.3. The molecule has 2 rings (SSSR count). The summed E-state index contributed by atoms with van der Waals surface area (Å²) in [5.41, 5.74) is 5.38. The van der Waals surface area contributed by atoms with Gasteiger partial charge >= 0.3 is 0 Å². The number of hydrogen-bond donors (Lipinski definition) is 2. The molecule has 18 heavy (non-hydrogen) atoms. The predicted octanol–water partition coefficient (Wildman–Crippen LogP) is -0.734. The molecule has 0 spiro atoms. The van der Waals surface area contributed by atoms with Gasteiger partial charge in [0.1, 0.15) is 0 Å². The first-order chi connectivity index (χ1) is 8.56. The SMILES string of the molecule is NCCCCS(=O)(=O)N1CCCC2C(=O)NCC21. The predicted molar refractivity (Wildman–Crippen MR) is 68.3 cm³/mol. The number of unbranched alkanes of at least 4 members (excludes halogenated alkanes) is 1. The van der Waals surface area contributed by atoms with Crippen LogP contribution in [0.4, 0.5) is 0 Å². The van der Waals surface area contributed by atoms with E-state index in [1.807, 2.05) is 0 Å². The number of hydrogen-bond acceptors (Lipinski definition) is 4. The summed E-state index contributed by atoms with van der Waals surface area (Å²) in [5.74, 6) is -0.00776.